The monoisotopic (exact) mass is 287 g/mol. The molecule has 0 bridgehead atoms. The van der Waals surface area contributed by atoms with Gasteiger partial charge >= 0.3 is 5.97 Å². The number of nitrogens with zero attached hydrogens (tertiary/aromatic N) is 4. The van der Waals surface area contributed by atoms with Crippen molar-refractivity contribution in [2.45, 2.75) is 13.0 Å². The lowest BCUT2D eigenvalue weighted by atomic mass is 10.0. The Kier molecular flexibility index (Phi) is 3.27. The Morgan fingerprint density at radius 3 is 2.86 bits per heavy atom. The van der Waals surface area contributed by atoms with Crippen LogP contribution in [-0.2, 0) is 4.79 Å². The predicted molar refractivity (Wildman–Crippen MR) is 72.9 cm³/mol. The molecular formula is C13H13N5O3. The maximum absolute atomic E-state index is 11.2. The van der Waals surface area contributed by atoms with Gasteiger partial charge in [0.25, 0.3) is 0 Å². The maximum atomic E-state index is 11.2. The van der Waals surface area contributed by atoms with E-state index in [9.17, 15) is 4.79 Å². The Bertz CT molecular complexity index is 692. The average molecular weight is 287 g/mol. The van der Waals surface area contributed by atoms with E-state index in [1.165, 1.54) is 4.68 Å². The lowest BCUT2D eigenvalue weighted by Gasteiger charge is -2.21. The smallest absolute Gasteiger partial charge is 0.352 e. The molecule has 1 aromatic heterocycles. The summed E-state index contributed by atoms with van der Waals surface area (Å²) < 4.78 is 6.92. The van der Waals surface area contributed by atoms with Crippen LogP contribution < -0.4 is 10.1 Å². The van der Waals surface area contributed by atoms with Gasteiger partial charge in [0.05, 0.1) is 6.61 Å². The van der Waals surface area contributed by atoms with Gasteiger partial charge in [0.2, 0.25) is 5.95 Å². The molecule has 108 valence electrons. The number of carboxylic acids is 1. The molecule has 0 aliphatic carbocycles. The summed E-state index contributed by atoms with van der Waals surface area (Å²) in [5.41, 5.74) is 0.920. The van der Waals surface area contributed by atoms with Crippen molar-refractivity contribution in [2.75, 3.05) is 11.9 Å². The van der Waals surface area contributed by atoms with Gasteiger partial charge in [-0.15, -0.1) is 0 Å². The minimum absolute atomic E-state index is 0.0520. The summed E-state index contributed by atoms with van der Waals surface area (Å²) in [7, 11) is 0. The standard InChI is InChI=1S/C13H13N5O3/c1-2-21-9-5-3-8(4-6-9)11-7-10(12(19)20)14-13-15-16-17-18(11)13/h3-7,11H,2H2,1H3,(H,19,20)(H,14,15,17). The van der Waals surface area contributed by atoms with Gasteiger partial charge in [0.15, 0.2) is 0 Å². The van der Waals surface area contributed by atoms with Gasteiger partial charge in [-0.2, -0.15) is 4.68 Å². The number of aromatic nitrogens is 4. The number of carbonyl (C=O) groups is 1. The fraction of sp³-hybridized carbons (Fsp3) is 0.231. The molecule has 1 unspecified atom stereocenters. The zero-order chi connectivity index (χ0) is 14.8. The van der Waals surface area contributed by atoms with Crippen molar-refractivity contribution >= 4 is 11.9 Å². The minimum atomic E-state index is -1.06. The van der Waals surface area contributed by atoms with Crippen LogP contribution in [-0.4, -0.2) is 37.9 Å². The van der Waals surface area contributed by atoms with E-state index in [1.807, 2.05) is 31.2 Å². The normalized spacial score (nSPS) is 16.6. The van der Waals surface area contributed by atoms with Crippen LogP contribution in [0.1, 0.15) is 18.5 Å². The van der Waals surface area contributed by atoms with Gasteiger partial charge < -0.3 is 15.2 Å². The lowest BCUT2D eigenvalue weighted by Crippen LogP contribution is -2.24. The van der Waals surface area contributed by atoms with Gasteiger partial charge in [-0.3, -0.25) is 0 Å². The number of rotatable bonds is 4. The van der Waals surface area contributed by atoms with Gasteiger partial charge in [-0.05, 0) is 41.1 Å². The van der Waals surface area contributed by atoms with E-state index in [2.05, 4.69) is 20.8 Å². The van der Waals surface area contributed by atoms with Crippen molar-refractivity contribution in [1.29, 1.82) is 0 Å². The average Bonchev–Trinajstić information content (AvgIpc) is 2.95. The highest BCUT2D eigenvalue weighted by Gasteiger charge is 2.26. The number of carboxylic acid groups (broad SMARTS) is 1. The Balaban J connectivity index is 1.98. The van der Waals surface area contributed by atoms with E-state index in [1.54, 1.807) is 6.08 Å². The van der Waals surface area contributed by atoms with Crippen LogP contribution >= 0.6 is 0 Å². The second kappa shape index (κ2) is 5.23. The van der Waals surface area contributed by atoms with Crippen LogP contribution in [0, 0.1) is 0 Å². The third-order valence-electron chi connectivity index (χ3n) is 3.09. The van der Waals surface area contributed by atoms with E-state index in [4.69, 9.17) is 9.84 Å². The van der Waals surface area contributed by atoms with Crippen molar-refractivity contribution < 1.29 is 14.6 Å². The number of ether oxygens (including phenoxy) is 1. The van der Waals surface area contributed by atoms with Gasteiger partial charge in [-0.25, -0.2) is 4.79 Å². The van der Waals surface area contributed by atoms with Crippen LogP contribution in [0.5, 0.6) is 5.75 Å². The van der Waals surface area contributed by atoms with Gasteiger partial charge in [-0.1, -0.05) is 17.2 Å². The van der Waals surface area contributed by atoms with Crippen LogP contribution in [0.2, 0.25) is 0 Å². The fourth-order valence-electron chi connectivity index (χ4n) is 2.14. The van der Waals surface area contributed by atoms with Crippen molar-refractivity contribution in [3.8, 4) is 5.75 Å². The molecule has 3 rings (SSSR count). The van der Waals surface area contributed by atoms with E-state index >= 15 is 0 Å². The number of benzene rings is 1. The molecule has 2 aromatic rings. The number of fused-ring (bicyclic) bond motifs is 1. The zero-order valence-corrected chi connectivity index (χ0v) is 11.2. The SMILES string of the molecule is CCOc1ccc(C2C=C(C(=O)O)Nc3nnnn32)cc1. The van der Waals surface area contributed by atoms with Crippen molar-refractivity contribution in [2.24, 2.45) is 0 Å². The number of hydrogen-bond acceptors (Lipinski definition) is 6. The molecule has 8 nitrogen and oxygen atoms in total. The minimum Gasteiger partial charge on any atom is -0.494 e. The Morgan fingerprint density at radius 1 is 1.43 bits per heavy atom. The molecule has 0 spiro atoms. The molecule has 1 atom stereocenters. The number of anilines is 1. The number of allylic oxidation sites excluding steroid dienone is 1. The highest BCUT2D eigenvalue weighted by atomic mass is 16.5. The second-order valence-corrected chi connectivity index (χ2v) is 4.40. The molecular weight excluding hydrogens is 274 g/mol. The van der Waals surface area contributed by atoms with Crippen molar-refractivity contribution in [3.63, 3.8) is 0 Å². The molecule has 0 saturated heterocycles. The summed E-state index contributed by atoms with van der Waals surface area (Å²) >= 11 is 0. The predicted octanol–water partition coefficient (Wildman–Crippen LogP) is 1.06. The number of tetrazole rings is 1. The Labute approximate surface area is 120 Å². The second-order valence-electron chi connectivity index (χ2n) is 4.40. The fourth-order valence-corrected chi connectivity index (χ4v) is 2.14. The molecule has 2 N–H and O–H groups in total. The van der Waals surface area contributed by atoms with Crippen LogP contribution in [0.25, 0.3) is 0 Å². The molecule has 0 radical (unpaired) electrons. The van der Waals surface area contributed by atoms with Crippen LogP contribution in [0.4, 0.5) is 5.95 Å². The first-order valence-electron chi connectivity index (χ1n) is 6.42. The number of hydrogen-bond donors (Lipinski definition) is 2. The van der Waals surface area contributed by atoms with E-state index in [0.29, 0.717) is 12.6 Å². The van der Waals surface area contributed by atoms with E-state index in [-0.39, 0.29) is 11.7 Å². The molecule has 21 heavy (non-hydrogen) atoms. The van der Waals surface area contributed by atoms with E-state index in [0.717, 1.165) is 11.3 Å². The van der Waals surface area contributed by atoms with Crippen molar-refractivity contribution in [1.82, 2.24) is 20.2 Å². The molecule has 0 saturated carbocycles. The highest BCUT2D eigenvalue weighted by Crippen LogP contribution is 2.28. The molecule has 0 amide bonds. The summed E-state index contributed by atoms with van der Waals surface area (Å²) in [5, 5.41) is 23.1. The Hall–Kier alpha value is -2.90. The molecule has 2 heterocycles. The van der Waals surface area contributed by atoms with Gasteiger partial charge in [0.1, 0.15) is 17.5 Å². The first-order chi connectivity index (χ1) is 10.2. The topological polar surface area (TPSA) is 102 Å². The molecule has 8 heteroatoms. The van der Waals surface area contributed by atoms with E-state index < -0.39 is 5.97 Å². The number of nitrogens with one attached hydrogen (secondary N) is 1. The molecule has 1 aliphatic rings. The summed E-state index contributed by atoms with van der Waals surface area (Å²) in [6.45, 7) is 2.50. The summed E-state index contributed by atoms with van der Waals surface area (Å²) in [6, 6.07) is 7.02. The van der Waals surface area contributed by atoms with Gasteiger partial charge in [0, 0.05) is 0 Å². The summed E-state index contributed by atoms with van der Waals surface area (Å²) in [6.07, 6.45) is 1.57. The quantitative estimate of drug-likeness (QED) is 0.866. The van der Waals surface area contributed by atoms with Crippen LogP contribution in [0.3, 0.4) is 0 Å². The summed E-state index contributed by atoms with van der Waals surface area (Å²) in [4.78, 5) is 11.2. The number of aliphatic carboxylic acids is 1. The molecule has 0 fully saturated rings. The maximum Gasteiger partial charge on any atom is 0.352 e. The highest BCUT2D eigenvalue weighted by molar-refractivity contribution is 5.90. The first kappa shape index (κ1) is 13.1. The molecule has 1 aliphatic heterocycles. The summed E-state index contributed by atoms with van der Waals surface area (Å²) in [5.74, 6) is 0.00327. The first-order valence-corrected chi connectivity index (χ1v) is 6.42. The lowest BCUT2D eigenvalue weighted by molar-refractivity contribution is -0.132. The van der Waals surface area contributed by atoms with Crippen LogP contribution in [0.15, 0.2) is 36.0 Å². The largest absolute Gasteiger partial charge is 0.494 e. The molecule has 1 aromatic carbocycles. The third-order valence-corrected chi connectivity index (χ3v) is 3.09. The Morgan fingerprint density at radius 2 is 2.19 bits per heavy atom. The van der Waals surface area contributed by atoms with Crippen molar-refractivity contribution in [3.05, 3.63) is 41.6 Å². The zero-order valence-electron chi connectivity index (χ0n) is 11.2. The third kappa shape index (κ3) is 2.42.